The summed E-state index contributed by atoms with van der Waals surface area (Å²) in [5.41, 5.74) is 1.36. The van der Waals surface area contributed by atoms with Gasteiger partial charge >= 0.3 is 0 Å². The summed E-state index contributed by atoms with van der Waals surface area (Å²) >= 11 is 0. The first-order chi connectivity index (χ1) is 14.7. The number of carbonyl (C=O) groups is 1. The Morgan fingerprint density at radius 2 is 1.74 bits per heavy atom. The number of benzene rings is 2. The van der Waals surface area contributed by atoms with E-state index in [1.807, 2.05) is 12.1 Å². The van der Waals surface area contributed by atoms with Gasteiger partial charge in [-0.05, 0) is 89.1 Å². The first-order valence-corrected chi connectivity index (χ1v) is 10.6. The molecule has 6 heteroatoms. The van der Waals surface area contributed by atoms with E-state index in [9.17, 15) is 13.6 Å². The Kier molecular flexibility index (Phi) is 9.19. The third-order valence-corrected chi connectivity index (χ3v) is 5.14. The van der Waals surface area contributed by atoms with Crippen LogP contribution in [0.2, 0.25) is 0 Å². The highest BCUT2D eigenvalue weighted by Crippen LogP contribution is 2.24. The molecule has 0 saturated heterocycles. The van der Waals surface area contributed by atoms with E-state index >= 15 is 0 Å². The minimum absolute atomic E-state index is 0.243. The largest absolute Gasteiger partial charge is 0.496 e. The number of rotatable bonds is 10. The Morgan fingerprint density at radius 1 is 1.10 bits per heavy atom. The van der Waals surface area contributed by atoms with Crippen molar-refractivity contribution in [3.8, 4) is 5.75 Å². The Balaban J connectivity index is 2.05. The lowest BCUT2D eigenvalue weighted by Gasteiger charge is -2.30. The zero-order valence-electron chi connectivity index (χ0n) is 18.9. The number of nitrogens with one attached hydrogen (secondary N) is 1. The number of nitrogens with zero attached hydrogens (tertiary/aromatic N) is 1. The minimum atomic E-state index is -0.715. The predicted octanol–water partition coefficient (Wildman–Crippen LogP) is 5.68. The summed E-state index contributed by atoms with van der Waals surface area (Å²) in [5, 5.41) is 2.74. The second kappa shape index (κ2) is 11.6. The van der Waals surface area contributed by atoms with Crippen LogP contribution in [0.4, 0.5) is 14.5 Å². The van der Waals surface area contributed by atoms with Crippen molar-refractivity contribution in [2.75, 3.05) is 19.0 Å². The Bertz CT molecular complexity index is 882. The summed E-state index contributed by atoms with van der Waals surface area (Å²) in [6, 6.07) is 9.95. The maximum absolute atomic E-state index is 13.7. The maximum Gasteiger partial charge on any atom is 0.248 e. The van der Waals surface area contributed by atoms with Gasteiger partial charge < -0.3 is 10.1 Å². The zero-order valence-corrected chi connectivity index (χ0v) is 18.9. The summed E-state index contributed by atoms with van der Waals surface area (Å²) in [4.78, 5) is 14.7. The van der Waals surface area contributed by atoms with Crippen molar-refractivity contribution in [3.63, 3.8) is 0 Å². The molecule has 0 unspecified atom stereocenters. The van der Waals surface area contributed by atoms with Gasteiger partial charge in [-0.3, -0.25) is 9.69 Å². The van der Waals surface area contributed by atoms with Crippen LogP contribution in [-0.4, -0.2) is 36.5 Å². The SMILES string of the molecule is COc1ccc(NC(=O)/C=C/c2c(F)cccc2F)cc1CCCN(C(C)C)C(C)C. The number of anilines is 1. The van der Waals surface area contributed by atoms with Gasteiger partial charge in [0.1, 0.15) is 17.4 Å². The average Bonchev–Trinajstić information content (AvgIpc) is 2.70. The lowest BCUT2D eigenvalue weighted by atomic mass is 10.1. The van der Waals surface area contributed by atoms with Gasteiger partial charge in [0.05, 0.1) is 7.11 Å². The molecule has 0 spiro atoms. The molecule has 0 fully saturated rings. The summed E-state index contributed by atoms with van der Waals surface area (Å²) in [7, 11) is 1.62. The van der Waals surface area contributed by atoms with Gasteiger partial charge in [0.25, 0.3) is 0 Å². The van der Waals surface area contributed by atoms with Crippen molar-refractivity contribution in [1.29, 1.82) is 0 Å². The number of amides is 1. The van der Waals surface area contributed by atoms with Gasteiger partial charge in [-0.25, -0.2) is 8.78 Å². The zero-order chi connectivity index (χ0) is 23.0. The van der Waals surface area contributed by atoms with Crippen LogP contribution in [0.15, 0.2) is 42.5 Å². The number of ether oxygens (including phenoxy) is 1. The molecule has 0 atom stereocenters. The van der Waals surface area contributed by atoms with Gasteiger partial charge in [-0.15, -0.1) is 0 Å². The number of hydrogen-bond donors (Lipinski definition) is 1. The molecule has 0 saturated carbocycles. The fourth-order valence-electron chi connectivity index (χ4n) is 3.63. The summed E-state index contributed by atoms with van der Waals surface area (Å²) < 4.78 is 32.9. The second-order valence-corrected chi connectivity index (χ2v) is 8.01. The number of carbonyl (C=O) groups excluding carboxylic acids is 1. The van der Waals surface area contributed by atoms with E-state index in [1.165, 1.54) is 6.07 Å². The third-order valence-electron chi connectivity index (χ3n) is 5.14. The highest BCUT2D eigenvalue weighted by Gasteiger charge is 2.14. The van der Waals surface area contributed by atoms with Gasteiger partial charge in [-0.1, -0.05) is 6.07 Å². The molecule has 2 aromatic carbocycles. The molecule has 0 aromatic heterocycles. The van der Waals surface area contributed by atoms with Crippen LogP contribution in [0.3, 0.4) is 0 Å². The molecule has 0 aliphatic rings. The third kappa shape index (κ3) is 7.17. The topological polar surface area (TPSA) is 41.6 Å². The van der Waals surface area contributed by atoms with Crippen molar-refractivity contribution >= 4 is 17.7 Å². The highest BCUT2D eigenvalue weighted by atomic mass is 19.1. The number of aryl methyl sites for hydroxylation is 1. The van der Waals surface area contributed by atoms with Crippen LogP contribution in [0.1, 0.15) is 45.2 Å². The van der Waals surface area contributed by atoms with Crippen molar-refractivity contribution in [2.24, 2.45) is 0 Å². The molecule has 0 heterocycles. The van der Waals surface area contributed by atoms with Gasteiger partial charge in [0, 0.05) is 29.4 Å². The minimum Gasteiger partial charge on any atom is -0.496 e. The molecule has 0 aliphatic heterocycles. The van der Waals surface area contributed by atoms with Crippen molar-refractivity contribution < 1.29 is 18.3 Å². The van der Waals surface area contributed by atoms with Crippen molar-refractivity contribution in [3.05, 3.63) is 65.2 Å². The molecule has 2 aromatic rings. The summed E-state index contributed by atoms with van der Waals surface area (Å²) in [6.07, 6.45) is 4.01. The molecule has 31 heavy (non-hydrogen) atoms. The molecular weight excluding hydrogens is 398 g/mol. The first kappa shape index (κ1) is 24.5. The summed E-state index contributed by atoms with van der Waals surface area (Å²) in [6.45, 7) is 9.73. The Hall–Kier alpha value is -2.73. The van der Waals surface area contributed by atoms with E-state index in [0.29, 0.717) is 17.8 Å². The lowest BCUT2D eigenvalue weighted by molar-refractivity contribution is -0.111. The smallest absolute Gasteiger partial charge is 0.248 e. The van der Waals surface area contributed by atoms with E-state index in [1.54, 1.807) is 13.2 Å². The van der Waals surface area contributed by atoms with Crippen LogP contribution in [0.5, 0.6) is 5.75 Å². The van der Waals surface area contributed by atoms with Gasteiger partial charge in [0.2, 0.25) is 5.91 Å². The van der Waals surface area contributed by atoms with Crippen molar-refractivity contribution in [2.45, 2.75) is 52.6 Å². The number of hydrogen-bond acceptors (Lipinski definition) is 3. The average molecular weight is 431 g/mol. The number of methoxy groups -OCH3 is 1. The van der Waals surface area contributed by atoms with Crippen molar-refractivity contribution in [1.82, 2.24) is 4.90 Å². The maximum atomic E-state index is 13.7. The van der Waals surface area contributed by atoms with Crippen LogP contribution < -0.4 is 10.1 Å². The molecule has 1 N–H and O–H groups in total. The van der Waals surface area contributed by atoms with Gasteiger partial charge in [-0.2, -0.15) is 0 Å². The molecule has 2 rings (SSSR count). The Morgan fingerprint density at radius 3 is 2.32 bits per heavy atom. The first-order valence-electron chi connectivity index (χ1n) is 10.6. The van der Waals surface area contributed by atoms with E-state index in [0.717, 1.165) is 55.0 Å². The molecule has 0 radical (unpaired) electrons. The molecule has 0 bridgehead atoms. The monoisotopic (exact) mass is 430 g/mol. The highest BCUT2D eigenvalue weighted by molar-refractivity contribution is 6.02. The van der Waals surface area contributed by atoms with Crippen LogP contribution in [0.25, 0.3) is 6.08 Å². The lowest BCUT2D eigenvalue weighted by Crippen LogP contribution is -2.37. The normalized spacial score (nSPS) is 11.7. The van der Waals surface area contributed by atoms with Crippen LogP contribution in [0, 0.1) is 11.6 Å². The summed E-state index contributed by atoms with van der Waals surface area (Å²) in [5.74, 6) is -1.13. The molecule has 4 nitrogen and oxygen atoms in total. The fraction of sp³-hybridized carbons (Fsp3) is 0.400. The van der Waals surface area contributed by atoms with E-state index in [4.69, 9.17) is 4.74 Å². The van der Waals surface area contributed by atoms with Crippen LogP contribution >= 0.6 is 0 Å². The number of halogens is 2. The Labute approximate surface area is 183 Å². The van der Waals surface area contributed by atoms with E-state index in [2.05, 4.69) is 37.9 Å². The predicted molar refractivity (Wildman–Crippen MR) is 122 cm³/mol. The fourth-order valence-corrected chi connectivity index (χ4v) is 3.63. The van der Waals surface area contributed by atoms with Gasteiger partial charge in [0.15, 0.2) is 0 Å². The molecule has 168 valence electrons. The quantitative estimate of drug-likeness (QED) is 0.493. The molecular formula is C25H32F2N2O2. The van der Waals surface area contributed by atoms with E-state index in [-0.39, 0.29) is 5.56 Å². The van der Waals surface area contributed by atoms with Crippen LogP contribution in [-0.2, 0) is 11.2 Å². The standard InChI is InChI=1S/C25H32F2N2O2/c1-17(2)29(18(3)4)15-7-8-19-16-20(11-13-24(19)31-5)28-25(30)14-12-21-22(26)9-6-10-23(21)27/h6,9-14,16-18H,7-8,15H2,1-5H3,(H,28,30)/b14-12+. The van der Waals surface area contributed by atoms with E-state index < -0.39 is 17.5 Å². The molecule has 1 amide bonds. The second-order valence-electron chi connectivity index (χ2n) is 8.01. The molecule has 0 aliphatic carbocycles.